The van der Waals surface area contributed by atoms with Crippen LogP contribution in [0.25, 0.3) is 0 Å². The van der Waals surface area contributed by atoms with Crippen molar-refractivity contribution in [3.05, 3.63) is 71.8 Å². The molecule has 1 nitrogen and oxygen atoms in total. The molecule has 2 aromatic rings. The monoisotopic (exact) mass is 317 g/mol. The van der Waals surface area contributed by atoms with Gasteiger partial charge >= 0.3 is 0 Å². The van der Waals surface area contributed by atoms with Crippen LogP contribution in [0, 0.1) is 0 Å². The van der Waals surface area contributed by atoms with Crippen LogP contribution < -0.4 is 5.73 Å². The minimum atomic E-state index is -0.0856. The van der Waals surface area contributed by atoms with Crippen LogP contribution in [0.15, 0.2) is 60.7 Å². The average molecular weight is 318 g/mol. The molecule has 0 aliphatic carbocycles. The Morgan fingerprint density at radius 2 is 1.32 bits per heavy atom. The Bertz CT molecular complexity index is 484. The highest BCUT2D eigenvalue weighted by atomic mass is 35.5. The summed E-state index contributed by atoms with van der Waals surface area (Å²) in [5.41, 5.74) is 9.30. The molecule has 0 aliphatic heterocycles. The van der Waals surface area contributed by atoms with Crippen molar-refractivity contribution in [3.63, 3.8) is 0 Å². The van der Waals surface area contributed by atoms with Gasteiger partial charge in [0.15, 0.2) is 0 Å². The standard InChI is InChI=1S/C20H27N.ClH/c1-3-5-16-19(21)20(4-2,17-12-8-6-9-13-17)18-14-10-7-11-15-18;/h6-15,19H,3-5,16,21H2,1-2H3;1H. The Balaban J connectivity index is 0.00000242. The van der Waals surface area contributed by atoms with E-state index >= 15 is 0 Å². The zero-order valence-corrected chi connectivity index (χ0v) is 14.5. The van der Waals surface area contributed by atoms with Gasteiger partial charge in [-0.2, -0.15) is 0 Å². The lowest BCUT2D eigenvalue weighted by Gasteiger charge is -2.40. The largest absolute Gasteiger partial charge is 0.327 e. The zero-order chi connectivity index (χ0) is 15.1. The van der Waals surface area contributed by atoms with E-state index in [2.05, 4.69) is 74.5 Å². The van der Waals surface area contributed by atoms with Crippen LogP contribution in [0.3, 0.4) is 0 Å². The van der Waals surface area contributed by atoms with Crippen LogP contribution in [0.2, 0.25) is 0 Å². The molecule has 0 saturated heterocycles. The molecule has 2 N–H and O–H groups in total. The van der Waals surface area contributed by atoms with E-state index in [1.807, 2.05) is 0 Å². The lowest BCUT2D eigenvalue weighted by Crippen LogP contribution is -2.46. The quantitative estimate of drug-likeness (QED) is 0.734. The van der Waals surface area contributed by atoms with Gasteiger partial charge in [0.1, 0.15) is 0 Å². The summed E-state index contributed by atoms with van der Waals surface area (Å²) in [7, 11) is 0. The molecule has 2 rings (SSSR count). The van der Waals surface area contributed by atoms with Crippen LogP contribution >= 0.6 is 12.4 Å². The number of halogens is 1. The third kappa shape index (κ3) is 3.71. The normalized spacial score (nSPS) is 12.5. The summed E-state index contributed by atoms with van der Waals surface area (Å²) >= 11 is 0. The molecule has 1 atom stereocenters. The summed E-state index contributed by atoms with van der Waals surface area (Å²) in [5, 5.41) is 0. The van der Waals surface area contributed by atoms with Gasteiger partial charge in [-0.3, -0.25) is 0 Å². The van der Waals surface area contributed by atoms with Crippen LogP contribution in [-0.4, -0.2) is 6.04 Å². The predicted octanol–water partition coefficient (Wildman–Crippen LogP) is 5.32. The van der Waals surface area contributed by atoms with Gasteiger partial charge in [0, 0.05) is 11.5 Å². The first-order valence-corrected chi connectivity index (χ1v) is 8.12. The molecular weight excluding hydrogens is 290 g/mol. The van der Waals surface area contributed by atoms with Gasteiger partial charge in [0.05, 0.1) is 0 Å². The Morgan fingerprint density at radius 3 is 1.68 bits per heavy atom. The van der Waals surface area contributed by atoms with Crippen molar-refractivity contribution in [2.24, 2.45) is 5.73 Å². The minimum absolute atomic E-state index is 0. The first-order chi connectivity index (χ1) is 10.3. The van der Waals surface area contributed by atoms with Gasteiger partial charge in [-0.25, -0.2) is 0 Å². The van der Waals surface area contributed by atoms with Gasteiger partial charge in [0.25, 0.3) is 0 Å². The van der Waals surface area contributed by atoms with Gasteiger partial charge in [-0.05, 0) is 24.0 Å². The molecule has 22 heavy (non-hydrogen) atoms. The first kappa shape index (κ1) is 18.7. The molecular formula is C20H28ClN. The molecule has 0 aromatic heterocycles. The molecule has 2 aromatic carbocycles. The second-order valence-electron chi connectivity index (χ2n) is 5.81. The number of hydrogen-bond donors (Lipinski definition) is 1. The van der Waals surface area contributed by atoms with Crippen molar-refractivity contribution in [3.8, 4) is 0 Å². The highest BCUT2D eigenvalue weighted by Crippen LogP contribution is 2.39. The predicted molar refractivity (Wildman–Crippen MR) is 98.7 cm³/mol. The van der Waals surface area contributed by atoms with Gasteiger partial charge in [-0.15, -0.1) is 12.4 Å². The number of hydrogen-bond acceptors (Lipinski definition) is 1. The number of rotatable bonds is 7. The molecule has 0 amide bonds. The van der Waals surface area contributed by atoms with Crippen molar-refractivity contribution in [1.29, 1.82) is 0 Å². The van der Waals surface area contributed by atoms with Crippen molar-refractivity contribution in [2.75, 3.05) is 0 Å². The summed E-state index contributed by atoms with van der Waals surface area (Å²) in [6, 6.07) is 21.7. The molecule has 0 spiro atoms. The Labute approximate surface area is 141 Å². The second kappa shape index (κ2) is 8.97. The number of benzene rings is 2. The topological polar surface area (TPSA) is 26.0 Å². The van der Waals surface area contributed by atoms with E-state index in [-0.39, 0.29) is 23.9 Å². The molecule has 0 radical (unpaired) electrons. The summed E-state index contributed by atoms with van der Waals surface area (Å²) in [6.07, 6.45) is 4.46. The summed E-state index contributed by atoms with van der Waals surface area (Å²) in [4.78, 5) is 0. The fraction of sp³-hybridized carbons (Fsp3) is 0.400. The first-order valence-electron chi connectivity index (χ1n) is 8.12. The number of nitrogens with two attached hydrogens (primary N) is 1. The van der Waals surface area contributed by atoms with Crippen molar-refractivity contribution in [1.82, 2.24) is 0 Å². The van der Waals surface area contributed by atoms with Crippen LogP contribution in [0.5, 0.6) is 0 Å². The molecule has 0 fully saturated rings. The smallest absolute Gasteiger partial charge is 0.0351 e. The third-order valence-corrected chi connectivity index (χ3v) is 4.64. The summed E-state index contributed by atoms with van der Waals surface area (Å²) < 4.78 is 0. The maximum absolute atomic E-state index is 6.71. The second-order valence-corrected chi connectivity index (χ2v) is 5.81. The molecule has 0 saturated carbocycles. The lowest BCUT2D eigenvalue weighted by molar-refractivity contribution is 0.367. The van der Waals surface area contributed by atoms with Crippen LogP contribution in [0.4, 0.5) is 0 Å². The molecule has 1 unspecified atom stereocenters. The molecule has 0 aliphatic rings. The van der Waals surface area contributed by atoms with E-state index in [0.29, 0.717) is 0 Å². The van der Waals surface area contributed by atoms with Crippen molar-refractivity contribution < 1.29 is 0 Å². The maximum atomic E-state index is 6.71. The van der Waals surface area contributed by atoms with E-state index in [0.717, 1.165) is 12.8 Å². The maximum Gasteiger partial charge on any atom is 0.0351 e. The Morgan fingerprint density at radius 1 is 0.864 bits per heavy atom. The summed E-state index contributed by atoms with van der Waals surface area (Å²) in [6.45, 7) is 4.48. The van der Waals surface area contributed by atoms with Gasteiger partial charge in [-0.1, -0.05) is 87.4 Å². The third-order valence-electron chi connectivity index (χ3n) is 4.64. The SMILES string of the molecule is CCCCC(N)C(CC)(c1ccccc1)c1ccccc1.Cl. The van der Waals surface area contributed by atoms with Crippen LogP contribution in [-0.2, 0) is 5.41 Å². The van der Waals surface area contributed by atoms with Crippen LogP contribution in [0.1, 0.15) is 50.7 Å². The van der Waals surface area contributed by atoms with E-state index in [4.69, 9.17) is 5.73 Å². The van der Waals surface area contributed by atoms with Crippen molar-refractivity contribution >= 4 is 12.4 Å². The highest BCUT2D eigenvalue weighted by Gasteiger charge is 2.37. The van der Waals surface area contributed by atoms with E-state index in [9.17, 15) is 0 Å². The molecule has 0 bridgehead atoms. The zero-order valence-electron chi connectivity index (χ0n) is 13.7. The average Bonchev–Trinajstić information content (AvgIpc) is 2.56. The Kier molecular flexibility index (Phi) is 7.64. The van der Waals surface area contributed by atoms with E-state index in [1.54, 1.807) is 0 Å². The fourth-order valence-electron chi connectivity index (χ4n) is 3.41. The van der Waals surface area contributed by atoms with Crippen molar-refractivity contribution in [2.45, 2.75) is 51.0 Å². The molecule has 2 heteroatoms. The molecule has 0 heterocycles. The fourth-order valence-corrected chi connectivity index (χ4v) is 3.41. The number of unbranched alkanes of at least 4 members (excludes halogenated alkanes) is 1. The summed E-state index contributed by atoms with van der Waals surface area (Å²) in [5.74, 6) is 0. The highest BCUT2D eigenvalue weighted by molar-refractivity contribution is 5.85. The minimum Gasteiger partial charge on any atom is -0.327 e. The lowest BCUT2D eigenvalue weighted by atomic mass is 9.66. The van der Waals surface area contributed by atoms with E-state index < -0.39 is 0 Å². The van der Waals surface area contributed by atoms with E-state index in [1.165, 1.54) is 24.0 Å². The van der Waals surface area contributed by atoms with Gasteiger partial charge in [0.2, 0.25) is 0 Å². The molecule has 120 valence electrons. The van der Waals surface area contributed by atoms with Gasteiger partial charge < -0.3 is 5.73 Å². The Hall–Kier alpha value is -1.31.